The molecule has 2 aromatic carbocycles. The molecule has 1 fully saturated rings. The van der Waals surface area contributed by atoms with E-state index in [1.807, 2.05) is 48.5 Å². The summed E-state index contributed by atoms with van der Waals surface area (Å²) in [5.41, 5.74) is 2.05. The Bertz CT molecular complexity index is 775. The lowest BCUT2D eigenvalue weighted by molar-refractivity contribution is -0.126. The number of carbonyl (C=O) groups excluding carboxylic acids is 2. The minimum absolute atomic E-state index is 0.00898. The predicted molar refractivity (Wildman–Crippen MR) is 112 cm³/mol. The highest BCUT2D eigenvalue weighted by Crippen LogP contribution is 2.25. The SMILES string of the molecule is CCN(CC)C(CNC(=O)C1CC(=O)N(c2ccccc2)C1)c1ccccc1. The lowest BCUT2D eigenvalue weighted by Gasteiger charge is -2.30. The van der Waals surface area contributed by atoms with E-state index in [0.717, 1.165) is 18.8 Å². The zero-order valence-corrected chi connectivity index (χ0v) is 16.7. The minimum Gasteiger partial charge on any atom is -0.354 e. The zero-order chi connectivity index (χ0) is 19.9. The van der Waals surface area contributed by atoms with Crippen molar-refractivity contribution in [1.29, 1.82) is 0 Å². The van der Waals surface area contributed by atoms with Crippen LogP contribution in [0.15, 0.2) is 60.7 Å². The van der Waals surface area contributed by atoms with Gasteiger partial charge in [0.15, 0.2) is 0 Å². The van der Waals surface area contributed by atoms with Gasteiger partial charge >= 0.3 is 0 Å². The van der Waals surface area contributed by atoms with Gasteiger partial charge in [-0.2, -0.15) is 0 Å². The van der Waals surface area contributed by atoms with Gasteiger partial charge in [-0.05, 0) is 30.8 Å². The Morgan fingerprint density at radius 2 is 1.68 bits per heavy atom. The van der Waals surface area contributed by atoms with E-state index in [0.29, 0.717) is 13.1 Å². The summed E-state index contributed by atoms with van der Waals surface area (Å²) in [6, 6.07) is 19.9. The van der Waals surface area contributed by atoms with Crippen LogP contribution in [0.25, 0.3) is 0 Å². The molecule has 2 unspecified atom stereocenters. The highest BCUT2D eigenvalue weighted by molar-refractivity contribution is 6.00. The van der Waals surface area contributed by atoms with Crippen molar-refractivity contribution in [3.63, 3.8) is 0 Å². The predicted octanol–water partition coefficient (Wildman–Crippen LogP) is 3.24. The van der Waals surface area contributed by atoms with Crippen LogP contribution in [0.2, 0.25) is 0 Å². The third-order valence-corrected chi connectivity index (χ3v) is 5.47. The monoisotopic (exact) mass is 379 g/mol. The van der Waals surface area contributed by atoms with E-state index < -0.39 is 0 Å². The van der Waals surface area contributed by atoms with Crippen molar-refractivity contribution in [3.8, 4) is 0 Å². The Morgan fingerprint density at radius 3 is 2.29 bits per heavy atom. The van der Waals surface area contributed by atoms with E-state index in [1.165, 1.54) is 5.56 Å². The van der Waals surface area contributed by atoms with E-state index in [2.05, 4.69) is 36.2 Å². The number of hydrogen-bond donors (Lipinski definition) is 1. The van der Waals surface area contributed by atoms with Crippen molar-refractivity contribution in [2.45, 2.75) is 26.3 Å². The van der Waals surface area contributed by atoms with Crippen LogP contribution in [0.5, 0.6) is 0 Å². The molecule has 1 N–H and O–H groups in total. The number of hydrogen-bond acceptors (Lipinski definition) is 3. The Balaban J connectivity index is 1.64. The molecule has 0 aromatic heterocycles. The van der Waals surface area contributed by atoms with Crippen molar-refractivity contribution < 1.29 is 9.59 Å². The van der Waals surface area contributed by atoms with Gasteiger partial charge in [0.05, 0.1) is 12.0 Å². The van der Waals surface area contributed by atoms with Crippen molar-refractivity contribution in [3.05, 3.63) is 66.2 Å². The average Bonchev–Trinajstić information content (AvgIpc) is 3.14. The summed E-state index contributed by atoms with van der Waals surface area (Å²) in [6.45, 7) is 7.07. The molecule has 2 atom stereocenters. The number of rotatable bonds is 8. The van der Waals surface area contributed by atoms with E-state index in [4.69, 9.17) is 0 Å². The normalized spacial score (nSPS) is 17.8. The largest absolute Gasteiger partial charge is 0.354 e. The maximum atomic E-state index is 12.8. The Labute approximate surface area is 167 Å². The van der Waals surface area contributed by atoms with Gasteiger partial charge in [0.1, 0.15) is 0 Å². The molecule has 0 radical (unpaired) electrons. The van der Waals surface area contributed by atoms with Crippen LogP contribution in [0.3, 0.4) is 0 Å². The number of nitrogens with zero attached hydrogens (tertiary/aromatic N) is 2. The molecular weight excluding hydrogens is 350 g/mol. The van der Waals surface area contributed by atoms with Crippen LogP contribution in [0, 0.1) is 5.92 Å². The fourth-order valence-electron chi connectivity index (χ4n) is 3.88. The third-order valence-electron chi connectivity index (χ3n) is 5.47. The van der Waals surface area contributed by atoms with E-state index in [1.54, 1.807) is 4.90 Å². The van der Waals surface area contributed by atoms with E-state index in [9.17, 15) is 9.59 Å². The van der Waals surface area contributed by atoms with Crippen LogP contribution < -0.4 is 10.2 Å². The molecule has 5 heteroatoms. The molecule has 0 saturated carbocycles. The van der Waals surface area contributed by atoms with Gasteiger partial charge in [0, 0.05) is 25.2 Å². The number of benzene rings is 2. The average molecular weight is 380 g/mol. The van der Waals surface area contributed by atoms with E-state index >= 15 is 0 Å². The van der Waals surface area contributed by atoms with Crippen LogP contribution in [-0.2, 0) is 9.59 Å². The molecule has 1 saturated heterocycles. The number of anilines is 1. The number of nitrogens with one attached hydrogen (secondary N) is 1. The second-order valence-electron chi connectivity index (χ2n) is 7.13. The van der Waals surface area contributed by atoms with Crippen molar-refractivity contribution in [2.24, 2.45) is 5.92 Å². The molecule has 148 valence electrons. The highest BCUT2D eigenvalue weighted by atomic mass is 16.2. The number of likely N-dealkylation sites (N-methyl/N-ethyl adjacent to an activating group) is 1. The molecule has 1 aliphatic heterocycles. The Hall–Kier alpha value is -2.66. The second kappa shape index (κ2) is 9.51. The quantitative estimate of drug-likeness (QED) is 0.766. The summed E-state index contributed by atoms with van der Waals surface area (Å²) in [7, 11) is 0. The molecule has 5 nitrogen and oxygen atoms in total. The summed E-state index contributed by atoms with van der Waals surface area (Å²) in [5, 5.41) is 3.11. The highest BCUT2D eigenvalue weighted by Gasteiger charge is 2.35. The minimum atomic E-state index is -0.305. The molecule has 0 bridgehead atoms. The maximum absolute atomic E-state index is 12.8. The molecule has 0 aliphatic carbocycles. The summed E-state index contributed by atoms with van der Waals surface area (Å²) in [6.07, 6.45) is 0.266. The van der Waals surface area contributed by atoms with Gasteiger partial charge in [-0.1, -0.05) is 62.4 Å². The Morgan fingerprint density at radius 1 is 1.07 bits per heavy atom. The first-order valence-corrected chi connectivity index (χ1v) is 10.1. The zero-order valence-electron chi connectivity index (χ0n) is 16.7. The molecule has 1 aliphatic rings. The van der Waals surface area contributed by atoms with E-state index in [-0.39, 0.29) is 30.2 Å². The molecule has 3 rings (SSSR count). The van der Waals surface area contributed by atoms with Crippen molar-refractivity contribution >= 4 is 17.5 Å². The van der Waals surface area contributed by atoms with Crippen LogP contribution in [0.1, 0.15) is 31.9 Å². The third kappa shape index (κ3) is 4.60. The van der Waals surface area contributed by atoms with Crippen LogP contribution in [0.4, 0.5) is 5.69 Å². The summed E-state index contributed by atoms with van der Waals surface area (Å²) < 4.78 is 0. The maximum Gasteiger partial charge on any atom is 0.227 e. The standard InChI is InChI=1S/C23H29N3O2/c1-3-25(4-2)21(18-11-7-5-8-12-18)16-24-23(28)19-15-22(27)26(17-19)20-13-9-6-10-14-20/h5-14,19,21H,3-4,15-17H2,1-2H3,(H,24,28). The van der Waals surface area contributed by atoms with Crippen molar-refractivity contribution in [2.75, 3.05) is 31.1 Å². The number of amides is 2. The summed E-state index contributed by atoms with van der Waals surface area (Å²) in [5.74, 6) is -0.338. The topological polar surface area (TPSA) is 52.7 Å². The molecule has 2 aromatic rings. The van der Waals surface area contributed by atoms with Crippen LogP contribution >= 0.6 is 0 Å². The summed E-state index contributed by atoms with van der Waals surface area (Å²) >= 11 is 0. The lowest BCUT2D eigenvalue weighted by Crippen LogP contribution is -2.40. The first kappa shape index (κ1) is 20.1. The smallest absolute Gasteiger partial charge is 0.227 e. The fraction of sp³-hybridized carbons (Fsp3) is 0.391. The molecule has 1 heterocycles. The molecule has 0 spiro atoms. The van der Waals surface area contributed by atoms with Gasteiger partial charge in [0.25, 0.3) is 0 Å². The molecule has 2 amide bonds. The van der Waals surface area contributed by atoms with Gasteiger partial charge < -0.3 is 10.2 Å². The second-order valence-corrected chi connectivity index (χ2v) is 7.13. The molecular formula is C23H29N3O2. The van der Waals surface area contributed by atoms with Crippen LogP contribution in [-0.4, -0.2) is 42.9 Å². The number of para-hydroxylation sites is 1. The Kier molecular flexibility index (Phi) is 6.82. The van der Waals surface area contributed by atoms with Gasteiger partial charge in [0.2, 0.25) is 11.8 Å². The first-order chi connectivity index (χ1) is 13.6. The summed E-state index contributed by atoms with van der Waals surface area (Å²) in [4.78, 5) is 29.2. The first-order valence-electron chi connectivity index (χ1n) is 10.1. The van der Waals surface area contributed by atoms with Crippen molar-refractivity contribution in [1.82, 2.24) is 10.2 Å². The fourth-order valence-corrected chi connectivity index (χ4v) is 3.88. The van der Waals surface area contributed by atoms with Gasteiger partial charge in [-0.25, -0.2) is 0 Å². The molecule has 28 heavy (non-hydrogen) atoms. The van der Waals surface area contributed by atoms with Gasteiger partial charge in [-0.3, -0.25) is 14.5 Å². The number of carbonyl (C=O) groups is 2. The lowest BCUT2D eigenvalue weighted by atomic mass is 10.0. The van der Waals surface area contributed by atoms with Gasteiger partial charge in [-0.15, -0.1) is 0 Å².